The lowest BCUT2D eigenvalue weighted by molar-refractivity contribution is 0.216. The van der Waals surface area contributed by atoms with Gasteiger partial charge in [0, 0.05) is 19.6 Å². The predicted octanol–water partition coefficient (Wildman–Crippen LogP) is 2.60. The van der Waals surface area contributed by atoms with Gasteiger partial charge in [-0.05, 0) is 37.1 Å². The molecule has 0 saturated heterocycles. The molecular weight excluding hydrogens is 291 g/mol. The molecular formula is C15H25FN2O2S. The van der Waals surface area contributed by atoms with Gasteiger partial charge in [0.1, 0.15) is 5.82 Å². The molecule has 0 aliphatic heterocycles. The predicted molar refractivity (Wildman–Crippen MR) is 83.0 cm³/mol. The van der Waals surface area contributed by atoms with Gasteiger partial charge in [0.2, 0.25) is 10.0 Å². The second-order valence-corrected chi connectivity index (χ2v) is 8.31. The number of hydrogen-bond donors (Lipinski definition) is 1. The van der Waals surface area contributed by atoms with Gasteiger partial charge in [0.25, 0.3) is 0 Å². The molecule has 0 fully saturated rings. The van der Waals surface area contributed by atoms with E-state index in [4.69, 9.17) is 0 Å². The Balaban J connectivity index is 3.33. The van der Waals surface area contributed by atoms with E-state index in [0.717, 1.165) is 6.07 Å². The summed E-state index contributed by atoms with van der Waals surface area (Å²) in [6, 6.07) is 3.66. The smallest absolute Gasteiger partial charge is 0.243 e. The molecule has 1 aromatic rings. The van der Waals surface area contributed by atoms with Gasteiger partial charge in [-0.1, -0.05) is 26.8 Å². The highest BCUT2D eigenvalue weighted by molar-refractivity contribution is 7.89. The number of nitrogens with zero attached hydrogens (tertiary/aromatic N) is 1. The lowest BCUT2D eigenvalue weighted by Crippen LogP contribution is -2.43. The van der Waals surface area contributed by atoms with E-state index in [2.05, 4.69) is 5.32 Å². The van der Waals surface area contributed by atoms with Gasteiger partial charge in [-0.2, -0.15) is 4.31 Å². The summed E-state index contributed by atoms with van der Waals surface area (Å²) in [5, 5.41) is 2.91. The summed E-state index contributed by atoms with van der Waals surface area (Å²) < 4.78 is 40.4. The monoisotopic (exact) mass is 316 g/mol. The molecule has 6 heteroatoms. The van der Waals surface area contributed by atoms with Crippen LogP contribution < -0.4 is 5.32 Å². The fraction of sp³-hybridized carbons (Fsp3) is 0.600. The van der Waals surface area contributed by atoms with Gasteiger partial charge in [0.15, 0.2) is 0 Å². The van der Waals surface area contributed by atoms with Crippen molar-refractivity contribution in [1.82, 2.24) is 9.62 Å². The van der Waals surface area contributed by atoms with Crippen LogP contribution in [0.15, 0.2) is 23.1 Å². The minimum Gasteiger partial charge on any atom is -0.316 e. The zero-order valence-corrected chi connectivity index (χ0v) is 14.4. The van der Waals surface area contributed by atoms with E-state index in [9.17, 15) is 12.8 Å². The van der Waals surface area contributed by atoms with Crippen molar-refractivity contribution in [3.8, 4) is 0 Å². The summed E-state index contributed by atoms with van der Waals surface area (Å²) in [5.41, 5.74) is 0.352. The molecule has 1 rings (SSSR count). The molecule has 1 atom stereocenters. The van der Waals surface area contributed by atoms with E-state index in [1.165, 1.54) is 16.4 Å². The minimum absolute atomic E-state index is 0.0236. The number of halogens is 1. The van der Waals surface area contributed by atoms with Gasteiger partial charge >= 0.3 is 0 Å². The average Bonchev–Trinajstić information content (AvgIpc) is 2.38. The molecule has 0 amide bonds. The van der Waals surface area contributed by atoms with Crippen molar-refractivity contribution in [2.45, 2.75) is 45.2 Å². The van der Waals surface area contributed by atoms with Crippen LogP contribution in [-0.4, -0.2) is 32.9 Å². The number of sulfonamides is 1. The van der Waals surface area contributed by atoms with E-state index in [1.807, 2.05) is 27.7 Å². The zero-order chi connectivity index (χ0) is 16.4. The van der Waals surface area contributed by atoms with Crippen LogP contribution in [-0.2, 0) is 16.6 Å². The van der Waals surface area contributed by atoms with Crippen LogP contribution in [0.5, 0.6) is 0 Å². The minimum atomic E-state index is -3.74. The molecule has 0 saturated carbocycles. The molecule has 1 unspecified atom stereocenters. The Morgan fingerprint density at radius 1 is 1.33 bits per heavy atom. The summed E-state index contributed by atoms with van der Waals surface area (Å²) in [6.45, 7) is 8.15. The van der Waals surface area contributed by atoms with Crippen LogP contribution in [0, 0.1) is 11.2 Å². The van der Waals surface area contributed by atoms with Crippen LogP contribution in [0.1, 0.15) is 33.3 Å². The van der Waals surface area contributed by atoms with Gasteiger partial charge < -0.3 is 5.32 Å². The molecule has 120 valence electrons. The first-order chi connectivity index (χ1) is 9.51. The van der Waals surface area contributed by atoms with Crippen LogP contribution in [0.25, 0.3) is 0 Å². The Kier molecular flexibility index (Phi) is 5.52. The van der Waals surface area contributed by atoms with Gasteiger partial charge in [0.05, 0.1) is 4.90 Å². The fourth-order valence-corrected chi connectivity index (χ4v) is 3.79. The van der Waals surface area contributed by atoms with Crippen molar-refractivity contribution in [2.24, 2.45) is 5.41 Å². The molecule has 1 aromatic carbocycles. The van der Waals surface area contributed by atoms with Crippen molar-refractivity contribution in [3.05, 3.63) is 29.6 Å². The average molecular weight is 316 g/mol. The summed E-state index contributed by atoms with van der Waals surface area (Å²) in [4.78, 5) is 0.0236. The number of nitrogens with one attached hydrogen (secondary N) is 1. The number of rotatable bonds is 5. The van der Waals surface area contributed by atoms with Crippen molar-refractivity contribution < 1.29 is 12.8 Å². The first kappa shape index (κ1) is 18.1. The Hall–Kier alpha value is -0.980. The quantitative estimate of drug-likeness (QED) is 0.908. The summed E-state index contributed by atoms with van der Waals surface area (Å²) in [5.74, 6) is -0.551. The third-order valence-electron chi connectivity index (χ3n) is 3.85. The third-order valence-corrected chi connectivity index (χ3v) is 5.86. The lowest BCUT2D eigenvalue weighted by atomic mass is 9.88. The largest absolute Gasteiger partial charge is 0.316 e. The van der Waals surface area contributed by atoms with Gasteiger partial charge in [-0.3, -0.25) is 0 Å². The fourth-order valence-electron chi connectivity index (χ4n) is 2.01. The molecule has 0 heterocycles. The van der Waals surface area contributed by atoms with E-state index >= 15 is 0 Å². The Morgan fingerprint density at radius 3 is 2.38 bits per heavy atom. The highest BCUT2D eigenvalue weighted by atomic mass is 32.2. The summed E-state index contributed by atoms with van der Waals surface area (Å²) in [7, 11) is -0.479. The van der Waals surface area contributed by atoms with Crippen molar-refractivity contribution in [1.29, 1.82) is 0 Å². The molecule has 21 heavy (non-hydrogen) atoms. The molecule has 0 aromatic heterocycles. The zero-order valence-electron chi connectivity index (χ0n) is 13.6. The van der Waals surface area contributed by atoms with Gasteiger partial charge in [-0.15, -0.1) is 0 Å². The SMILES string of the molecule is CNCc1ccc(F)cc1S(=O)(=O)N(C)C(C)C(C)(C)C. The summed E-state index contributed by atoms with van der Waals surface area (Å²) >= 11 is 0. The number of hydrogen-bond acceptors (Lipinski definition) is 3. The van der Waals surface area contributed by atoms with Crippen LogP contribution in [0.3, 0.4) is 0 Å². The Bertz CT molecular complexity index is 594. The maximum absolute atomic E-state index is 13.5. The van der Waals surface area contributed by atoms with Crippen molar-refractivity contribution in [3.63, 3.8) is 0 Å². The van der Waals surface area contributed by atoms with Crippen molar-refractivity contribution >= 4 is 10.0 Å². The summed E-state index contributed by atoms with van der Waals surface area (Å²) in [6.07, 6.45) is 0. The lowest BCUT2D eigenvalue weighted by Gasteiger charge is -2.34. The van der Waals surface area contributed by atoms with Crippen LogP contribution >= 0.6 is 0 Å². The van der Waals surface area contributed by atoms with Crippen LogP contribution in [0.4, 0.5) is 4.39 Å². The highest BCUT2D eigenvalue weighted by Crippen LogP contribution is 2.29. The van der Waals surface area contributed by atoms with E-state index in [0.29, 0.717) is 12.1 Å². The maximum atomic E-state index is 13.5. The third kappa shape index (κ3) is 4.02. The van der Waals surface area contributed by atoms with Gasteiger partial charge in [-0.25, -0.2) is 12.8 Å². The second kappa shape index (κ2) is 6.42. The maximum Gasteiger partial charge on any atom is 0.243 e. The number of benzene rings is 1. The molecule has 0 bridgehead atoms. The van der Waals surface area contributed by atoms with Crippen LogP contribution in [0.2, 0.25) is 0 Å². The van der Waals surface area contributed by atoms with E-state index in [1.54, 1.807) is 14.1 Å². The molecule has 1 N–H and O–H groups in total. The highest BCUT2D eigenvalue weighted by Gasteiger charge is 2.33. The topological polar surface area (TPSA) is 49.4 Å². The normalized spacial score (nSPS) is 14.5. The first-order valence-electron chi connectivity index (χ1n) is 6.93. The van der Waals surface area contributed by atoms with E-state index < -0.39 is 15.8 Å². The standard InChI is InChI=1S/C15H25FN2O2S/c1-11(15(2,3)4)18(6)21(19,20)14-9-13(16)8-7-12(14)10-17-5/h7-9,11,17H,10H2,1-6H3. The second-order valence-electron chi connectivity index (χ2n) is 6.35. The van der Waals surface area contributed by atoms with Crippen molar-refractivity contribution in [2.75, 3.05) is 14.1 Å². The Morgan fingerprint density at radius 2 is 1.90 bits per heavy atom. The van der Waals surface area contributed by atoms with E-state index in [-0.39, 0.29) is 16.4 Å². The molecule has 0 aliphatic carbocycles. The molecule has 0 spiro atoms. The molecule has 0 aliphatic rings. The Labute approximate surface area is 127 Å². The molecule has 4 nitrogen and oxygen atoms in total. The first-order valence-corrected chi connectivity index (χ1v) is 8.37. The molecule has 0 radical (unpaired) electrons.